The Morgan fingerprint density at radius 3 is 2.60 bits per heavy atom. The molecule has 2 aromatic carbocycles. The Morgan fingerprint density at radius 1 is 1.20 bits per heavy atom. The number of nitrogens with zero attached hydrogens (tertiary/aromatic N) is 1. The quantitative estimate of drug-likeness (QED) is 0.732. The molecule has 0 fully saturated rings. The van der Waals surface area contributed by atoms with Crippen molar-refractivity contribution in [1.82, 2.24) is 4.57 Å². The van der Waals surface area contributed by atoms with Crippen LogP contribution in [0.5, 0.6) is 0 Å². The summed E-state index contributed by atoms with van der Waals surface area (Å²) < 4.78 is 2.33. The molecule has 3 aromatic rings. The Bertz CT molecular complexity index is 992. The van der Waals surface area contributed by atoms with E-state index in [1.807, 2.05) is 43.3 Å². The molecule has 128 valence electrons. The fraction of sp³-hybridized carbons (Fsp3) is 0.158. The van der Waals surface area contributed by atoms with Crippen molar-refractivity contribution in [2.45, 2.75) is 13.3 Å². The Labute approximate surface area is 153 Å². The molecule has 5 nitrogen and oxygen atoms in total. The molecule has 3 rings (SSSR count). The molecule has 0 radical (unpaired) electrons. The number of anilines is 1. The normalized spacial score (nSPS) is 10.8. The van der Waals surface area contributed by atoms with Crippen molar-refractivity contribution in [3.8, 4) is 0 Å². The number of fused-ring (bicyclic) bond motifs is 1. The Balaban J connectivity index is 1.96. The highest BCUT2D eigenvalue weighted by molar-refractivity contribution is 9.10. The summed E-state index contributed by atoms with van der Waals surface area (Å²) in [4.78, 5) is 24.1. The summed E-state index contributed by atoms with van der Waals surface area (Å²) in [7, 11) is 1.66. The first-order valence-corrected chi connectivity index (χ1v) is 8.51. The molecular formula is C19H16BrN2O3-. The van der Waals surface area contributed by atoms with Gasteiger partial charge < -0.3 is 19.8 Å². The number of carboxylic acid groups (broad SMARTS) is 1. The van der Waals surface area contributed by atoms with Crippen molar-refractivity contribution in [2.24, 2.45) is 7.05 Å². The average Bonchev–Trinajstić information content (AvgIpc) is 2.83. The molecule has 1 heterocycles. The third-order valence-corrected chi connectivity index (χ3v) is 4.80. The highest BCUT2D eigenvalue weighted by Crippen LogP contribution is 2.27. The zero-order valence-electron chi connectivity index (χ0n) is 13.8. The fourth-order valence-corrected chi connectivity index (χ4v) is 3.58. The smallest absolute Gasteiger partial charge is 0.228 e. The van der Waals surface area contributed by atoms with Gasteiger partial charge in [0.05, 0.1) is 23.8 Å². The number of aryl methyl sites for hydroxylation is 2. The van der Waals surface area contributed by atoms with Gasteiger partial charge in [0.15, 0.2) is 0 Å². The third kappa shape index (κ3) is 3.30. The van der Waals surface area contributed by atoms with Crippen LogP contribution in [0.25, 0.3) is 10.9 Å². The highest BCUT2D eigenvalue weighted by Gasteiger charge is 2.18. The van der Waals surface area contributed by atoms with Crippen LogP contribution in [0.4, 0.5) is 5.69 Å². The molecule has 1 N–H and O–H groups in total. The molecule has 25 heavy (non-hydrogen) atoms. The lowest BCUT2D eigenvalue weighted by molar-refractivity contribution is -0.255. The number of amides is 1. The molecule has 1 amide bonds. The molecule has 0 aliphatic heterocycles. The number of nitrogens with one attached hydrogen (secondary N) is 1. The second kappa shape index (κ2) is 6.72. The number of aromatic carboxylic acids is 1. The van der Waals surface area contributed by atoms with E-state index in [1.165, 1.54) is 0 Å². The summed E-state index contributed by atoms with van der Waals surface area (Å²) in [5.74, 6) is -1.58. The van der Waals surface area contributed by atoms with Gasteiger partial charge >= 0.3 is 0 Å². The van der Waals surface area contributed by atoms with Crippen LogP contribution in [-0.2, 0) is 18.3 Å². The van der Waals surface area contributed by atoms with Gasteiger partial charge in [0, 0.05) is 22.4 Å². The number of aromatic nitrogens is 1. The van der Waals surface area contributed by atoms with Crippen LogP contribution < -0.4 is 10.4 Å². The summed E-state index contributed by atoms with van der Waals surface area (Å²) in [5, 5.41) is 15.1. The first-order chi connectivity index (χ1) is 11.9. The van der Waals surface area contributed by atoms with Gasteiger partial charge in [-0.3, -0.25) is 4.79 Å². The molecule has 0 bridgehead atoms. The maximum atomic E-state index is 12.5. The zero-order valence-corrected chi connectivity index (χ0v) is 15.4. The number of hydrogen-bond donors (Lipinski definition) is 1. The molecule has 0 unspecified atom stereocenters. The van der Waals surface area contributed by atoms with Gasteiger partial charge in [-0.25, -0.2) is 0 Å². The second-order valence-corrected chi connectivity index (χ2v) is 6.75. The van der Waals surface area contributed by atoms with Gasteiger partial charge in [-0.15, -0.1) is 0 Å². The Kier molecular flexibility index (Phi) is 4.63. The van der Waals surface area contributed by atoms with Crippen molar-refractivity contribution in [3.05, 3.63) is 63.8 Å². The number of benzene rings is 2. The highest BCUT2D eigenvalue weighted by atomic mass is 79.9. The van der Waals surface area contributed by atoms with E-state index in [-0.39, 0.29) is 18.0 Å². The van der Waals surface area contributed by atoms with Crippen LogP contribution in [0, 0.1) is 6.92 Å². The molecule has 0 aliphatic carbocycles. The van der Waals surface area contributed by atoms with E-state index in [2.05, 4.69) is 21.2 Å². The predicted molar refractivity (Wildman–Crippen MR) is 98.5 cm³/mol. The first-order valence-electron chi connectivity index (χ1n) is 7.72. The first kappa shape index (κ1) is 17.2. The van der Waals surface area contributed by atoms with Crippen molar-refractivity contribution in [1.29, 1.82) is 0 Å². The number of carbonyl (C=O) groups is 2. The van der Waals surface area contributed by atoms with Gasteiger partial charge in [0.1, 0.15) is 0 Å². The monoisotopic (exact) mass is 399 g/mol. The Morgan fingerprint density at radius 2 is 1.92 bits per heavy atom. The molecule has 0 spiro atoms. The van der Waals surface area contributed by atoms with Crippen LogP contribution in [0.2, 0.25) is 0 Å². The van der Waals surface area contributed by atoms with Gasteiger partial charge in [-0.05, 0) is 52.2 Å². The van der Waals surface area contributed by atoms with Crippen LogP contribution in [0.1, 0.15) is 21.6 Å². The van der Waals surface area contributed by atoms with E-state index in [0.29, 0.717) is 11.3 Å². The molecule has 1 aromatic heterocycles. The van der Waals surface area contributed by atoms with Crippen LogP contribution in [0.15, 0.2) is 46.9 Å². The average molecular weight is 400 g/mol. The predicted octanol–water partition coefficient (Wildman–Crippen LogP) is 2.79. The maximum absolute atomic E-state index is 12.5. The van der Waals surface area contributed by atoms with E-state index in [4.69, 9.17) is 0 Å². The Hall–Kier alpha value is -2.60. The van der Waals surface area contributed by atoms with Gasteiger partial charge in [-0.1, -0.05) is 24.3 Å². The van der Waals surface area contributed by atoms with E-state index in [0.717, 1.165) is 20.9 Å². The standard InChI is InChI=1S/C19H17BrN2O3/c1-11-7-8-15(14(20)9-11)21-17(23)10-13-12-5-3-4-6-16(12)22(2)18(13)19(24)25/h3-9H,10H2,1-2H3,(H,21,23)(H,24,25)/p-1. The maximum Gasteiger partial charge on any atom is 0.228 e. The summed E-state index contributed by atoms with van der Waals surface area (Å²) in [6.45, 7) is 1.96. The SMILES string of the molecule is Cc1ccc(NC(=O)Cc2c(C(=O)[O-])n(C)c3ccccc23)c(Br)c1. The van der Waals surface area contributed by atoms with E-state index >= 15 is 0 Å². The van der Waals surface area contributed by atoms with Crippen molar-refractivity contribution in [2.75, 3.05) is 5.32 Å². The lowest BCUT2D eigenvalue weighted by Gasteiger charge is -2.10. The number of hydrogen-bond acceptors (Lipinski definition) is 3. The number of rotatable bonds is 4. The minimum atomic E-state index is -1.29. The van der Waals surface area contributed by atoms with Gasteiger partial charge in [0.2, 0.25) is 5.91 Å². The van der Waals surface area contributed by atoms with Crippen LogP contribution in [0.3, 0.4) is 0 Å². The van der Waals surface area contributed by atoms with Crippen molar-refractivity contribution < 1.29 is 14.7 Å². The minimum absolute atomic E-state index is 0.0271. The zero-order chi connectivity index (χ0) is 18.1. The summed E-state index contributed by atoms with van der Waals surface area (Å²) >= 11 is 3.42. The fourth-order valence-electron chi connectivity index (χ4n) is 2.99. The van der Waals surface area contributed by atoms with Crippen molar-refractivity contribution in [3.63, 3.8) is 0 Å². The minimum Gasteiger partial charge on any atom is -0.543 e. The molecule has 0 saturated heterocycles. The second-order valence-electron chi connectivity index (χ2n) is 5.90. The third-order valence-electron chi connectivity index (χ3n) is 4.14. The number of halogens is 1. The molecule has 0 saturated carbocycles. The number of para-hydroxylation sites is 1. The summed E-state index contributed by atoms with van der Waals surface area (Å²) in [6, 6.07) is 12.9. The number of carboxylic acids is 1. The number of carbonyl (C=O) groups excluding carboxylic acids is 2. The summed E-state index contributed by atoms with van der Waals surface area (Å²) in [5.41, 5.74) is 2.95. The van der Waals surface area contributed by atoms with E-state index in [9.17, 15) is 14.7 Å². The largest absolute Gasteiger partial charge is 0.543 e. The van der Waals surface area contributed by atoms with Crippen LogP contribution >= 0.6 is 15.9 Å². The molecule has 0 aliphatic rings. The van der Waals surface area contributed by atoms with E-state index in [1.54, 1.807) is 17.7 Å². The van der Waals surface area contributed by atoms with E-state index < -0.39 is 5.97 Å². The lowest BCUT2D eigenvalue weighted by atomic mass is 10.1. The summed E-state index contributed by atoms with van der Waals surface area (Å²) in [6.07, 6.45) is -0.0506. The molecule has 6 heteroatoms. The lowest BCUT2D eigenvalue weighted by Crippen LogP contribution is -2.27. The molecular weight excluding hydrogens is 384 g/mol. The van der Waals surface area contributed by atoms with Gasteiger partial charge in [-0.2, -0.15) is 0 Å². The molecule has 0 atom stereocenters. The van der Waals surface area contributed by atoms with Crippen LogP contribution in [-0.4, -0.2) is 16.4 Å². The van der Waals surface area contributed by atoms with Gasteiger partial charge in [0.25, 0.3) is 0 Å². The topological polar surface area (TPSA) is 74.2 Å². The van der Waals surface area contributed by atoms with Crippen molar-refractivity contribution >= 4 is 44.4 Å².